The van der Waals surface area contributed by atoms with E-state index in [9.17, 15) is 14.4 Å². The van der Waals surface area contributed by atoms with Gasteiger partial charge in [0.1, 0.15) is 0 Å². The Morgan fingerprint density at radius 2 is 1.96 bits per heavy atom. The van der Waals surface area contributed by atoms with Gasteiger partial charge in [-0.15, -0.1) is 0 Å². The largest absolute Gasteiger partial charge is 0.462 e. The Morgan fingerprint density at radius 1 is 1.27 bits per heavy atom. The molecular weight excluding hydrogens is 354 g/mol. The topological polar surface area (TPSA) is 101 Å². The van der Waals surface area contributed by atoms with Gasteiger partial charge in [0.15, 0.2) is 5.16 Å². The van der Waals surface area contributed by atoms with Gasteiger partial charge < -0.3 is 15.0 Å². The zero-order valence-corrected chi connectivity index (χ0v) is 15.7. The standard InChI is InChI=1S/C18H21N3O4S/c1-4-14(26-18-19-11(3)10-15(22)21-18)16(23)20-13-8-6-12(7-9-13)17(24)25-5-2/h6-10,14H,4-5H2,1-3H3,(H,20,23)(H,19,21,22)/t14-/m1/s1. The second kappa shape index (κ2) is 9.19. The van der Waals surface area contributed by atoms with Gasteiger partial charge >= 0.3 is 5.97 Å². The van der Waals surface area contributed by atoms with Crippen molar-refractivity contribution in [2.75, 3.05) is 11.9 Å². The lowest BCUT2D eigenvalue weighted by Crippen LogP contribution is -2.25. The number of nitrogens with one attached hydrogen (secondary N) is 2. The molecule has 1 amide bonds. The maximum atomic E-state index is 12.5. The highest BCUT2D eigenvalue weighted by molar-refractivity contribution is 8.00. The molecule has 2 aromatic rings. The smallest absolute Gasteiger partial charge is 0.338 e. The van der Waals surface area contributed by atoms with Crippen molar-refractivity contribution in [3.63, 3.8) is 0 Å². The number of H-pyrrole nitrogens is 1. The van der Waals surface area contributed by atoms with Crippen LogP contribution in [0.3, 0.4) is 0 Å². The van der Waals surface area contributed by atoms with Crippen molar-refractivity contribution in [1.29, 1.82) is 0 Å². The third kappa shape index (κ3) is 5.45. The number of hydrogen-bond acceptors (Lipinski definition) is 6. The van der Waals surface area contributed by atoms with Gasteiger partial charge in [0.2, 0.25) is 5.91 Å². The molecule has 0 saturated heterocycles. The van der Waals surface area contributed by atoms with Gasteiger partial charge in [0.25, 0.3) is 5.56 Å². The number of hydrogen-bond donors (Lipinski definition) is 2. The number of aromatic amines is 1. The second-order valence-electron chi connectivity index (χ2n) is 5.49. The molecule has 1 aromatic heterocycles. The zero-order chi connectivity index (χ0) is 19.1. The number of thioether (sulfide) groups is 1. The average molecular weight is 375 g/mol. The van der Waals surface area contributed by atoms with E-state index in [0.29, 0.717) is 35.1 Å². The minimum Gasteiger partial charge on any atom is -0.462 e. The van der Waals surface area contributed by atoms with Crippen LogP contribution in [0.25, 0.3) is 0 Å². The van der Waals surface area contributed by atoms with Crippen molar-refractivity contribution in [1.82, 2.24) is 9.97 Å². The SMILES string of the molecule is CCOC(=O)c1ccc(NC(=O)[C@@H](CC)Sc2nc(C)cc(=O)[nH]2)cc1. The van der Waals surface area contributed by atoms with Crippen LogP contribution < -0.4 is 10.9 Å². The first-order chi connectivity index (χ1) is 12.4. The molecule has 0 aliphatic heterocycles. The van der Waals surface area contributed by atoms with E-state index in [1.807, 2.05) is 6.92 Å². The van der Waals surface area contributed by atoms with Crippen molar-refractivity contribution in [3.8, 4) is 0 Å². The van der Waals surface area contributed by atoms with Gasteiger partial charge in [0.05, 0.1) is 17.4 Å². The van der Waals surface area contributed by atoms with E-state index in [0.717, 1.165) is 0 Å². The third-order valence-corrected chi connectivity index (χ3v) is 4.68. The Kier molecular flexibility index (Phi) is 6.97. The second-order valence-corrected chi connectivity index (χ2v) is 6.69. The van der Waals surface area contributed by atoms with Crippen LogP contribution in [0.4, 0.5) is 5.69 Å². The van der Waals surface area contributed by atoms with Gasteiger partial charge in [-0.25, -0.2) is 9.78 Å². The van der Waals surface area contributed by atoms with Crippen LogP contribution in [0.2, 0.25) is 0 Å². The Hall–Kier alpha value is -2.61. The van der Waals surface area contributed by atoms with Crippen LogP contribution in [-0.2, 0) is 9.53 Å². The summed E-state index contributed by atoms with van der Waals surface area (Å²) >= 11 is 1.21. The molecule has 0 unspecified atom stereocenters. The van der Waals surface area contributed by atoms with E-state index in [1.54, 1.807) is 38.1 Å². The summed E-state index contributed by atoms with van der Waals surface area (Å²) in [6.45, 7) is 5.66. The summed E-state index contributed by atoms with van der Waals surface area (Å²) in [4.78, 5) is 42.5. The van der Waals surface area contributed by atoms with E-state index in [-0.39, 0.29) is 11.5 Å². The number of aryl methyl sites for hydroxylation is 1. The predicted molar refractivity (Wildman–Crippen MR) is 101 cm³/mol. The molecule has 0 saturated carbocycles. The first-order valence-corrected chi connectivity index (χ1v) is 9.13. The van der Waals surface area contributed by atoms with Crippen LogP contribution in [0.15, 0.2) is 40.3 Å². The van der Waals surface area contributed by atoms with Crippen LogP contribution in [0.5, 0.6) is 0 Å². The lowest BCUT2D eigenvalue weighted by Gasteiger charge is -2.14. The number of anilines is 1. The summed E-state index contributed by atoms with van der Waals surface area (Å²) in [5.41, 5.74) is 1.35. The molecule has 2 rings (SSSR count). The molecule has 0 aliphatic carbocycles. The number of aromatic nitrogens is 2. The third-order valence-electron chi connectivity index (χ3n) is 3.43. The number of carbonyl (C=O) groups excluding carboxylic acids is 2. The number of nitrogens with zero attached hydrogens (tertiary/aromatic N) is 1. The molecule has 0 aliphatic rings. The van der Waals surface area contributed by atoms with Crippen LogP contribution in [0, 0.1) is 6.92 Å². The molecule has 2 N–H and O–H groups in total. The highest BCUT2D eigenvalue weighted by Crippen LogP contribution is 2.23. The maximum absolute atomic E-state index is 12.5. The maximum Gasteiger partial charge on any atom is 0.338 e. The fourth-order valence-corrected chi connectivity index (χ4v) is 3.15. The van der Waals surface area contributed by atoms with Crippen LogP contribution >= 0.6 is 11.8 Å². The molecule has 138 valence electrons. The Balaban J connectivity index is 2.04. The van der Waals surface area contributed by atoms with E-state index in [1.165, 1.54) is 17.8 Å². The van der Waals surface area contributed by atoms with E-state index in [4.69, 9.17) is 4.74 Å². The van der Waals surface area contributed by atoms with E-state index >= 15 is 0 Å². The number of amides is 1. The Morgan fingerprint density at radius 3 is 2.54 bits per heavy atom. The van der Waals surface area contributed by atoms with Crippen LogP contribution in [-0.4, -0.2) is 33.7 Å². The molecule has 1 aromatic carbocycles. The highest BCUT2D eigenvalue weighted by Gasteiger charge is 2.19. The van der Waals surface area contributed by atoms with E-state index < -0.39 is 11.2 Å². The molecule has 0 bridgehead atoms. The summed E-state index contributed by atoms with van der Waals surface area (Å²) in [6.07, 6.45) is 0.565. The monoisotopic (exact) mass is 375 g/mol. The van der Waals surface area contributed by atoms with Crippen molar-refractivity contribution in [2.45, 2.75) is 37.6 Å². The van der Waals surface area contributed by atoms with Crippen molar-refractivity contribution < 1.29 is 14.3 Å². The fourth-order valence-electron chi connectivity index (χ4n) is 2.19. The van der Waals surface area contributed by atoms with Crippen molar-refractivity contribution in [3.05, 3.63) is 51.9 Å². The lowest BCUT2D eigenvalue weighted by molar-refractivity contribution is -0.115. The zero-order valence-electron chi connectivity index (χ0n) is 14.9. The molecule has 8 heteroatoms. The quantitative estimate of drug-likeness (QED) is 0.438. The molecule has 1 heterocycles. The highest BCUT2D eigenvalue weighted by atomic mass is 32.2. The molecule has 0 fully saturated rings. The fraction of sp³-hybridized carbons (Fsp3) is 0.333. The molecule has 0 spiro atoms. The van der Waals surface area contributed by atoms with Crippen molar-refractivity contribution >= 4 is 29.3 Å². The van der Waals surface area contributed by atoms with Gasteiger partial charge in [-0.1, -0.05) is 18.7 Å². The molecule has 26 heavy (non-hydrogen) atoms. The van der Waals surface area contributed by atoms with Crippen molar-refractivity contribution in [2.24, 2.45) is 0 Å². The first kappa shape index (κ1) is 19.7. The molecule has 1 atom stereocenters. The van der Waals surface area contributed by atoms with Gasteiger partial charge in [0, 0.05) is 17.4 Å². The van der Waals surface area contributed by atoms with E-state index in [2.05, 4.69) is 15.3 Å². The molecule has 0 radical (unpaired) electrons. The lowest BCUT2D eigenvalue weighted by atomic mass is 10.2. The average Bonchev–Trinajstić information content (AvgIpc) is 2.59. The number of ether oxygens (including phenoxy) is 1. The van der Waals surface area contributed by atoms with Crippen LogP contribution in [0.1, 0.15) is 36.3 Å². The summed E-state index contributed by atoms with van der Waals surface area (Å²) in [7, 11) is 0. The van der Waals surface area contributed by atoms with Gasteiger partial charge in [-0.3, -0.25) is 9.59 Å². The predicted octanol–water partition coefficient (Wildman–Crippen LogP) is 2.76. The summed E-state index contributed by atoms with van der Waals surface area (Å²) in [5.74, 6) is -0.604. The summed E-state index contributed by atoms with van der Waals surface area (Å²) in [6, 6.07) is 7.89. The number of benzene rings is 1. The number of rotatable bonds is 7. The van der Waals surface area contributed by atoms with Gasteiger partial charge in [-0.2, -0.15) is 0 Å². The summed E-state index contributed by atoms with van der Waals surface area (Å²) in [5, 5.41) is 2.81. The number of esters is 1. The minimum absolute atomic E-state index is 0.203. The summed E-state index contributed by atoms with van der Waals surface area (Å²) < 4.78 is 4.92. The first-order valence-electron chi connectivity index (χ1n) is 8.25. The minimum atomic E-state index is -0.412. The Labute approximate surface area is 155 Å². The molecule has 7 nitrogen and oxygen atoms in total. The Bertz CT molecular complexity index is 833. The molecular formula is C18H21N3O4S. The van der Waals surface area contributed by atoms with Gasteiger partial charge in [-0.05, 0) is 44.5 Å². The normalized spacial score (nSPS) is 11.7. The number of carbonyl (C=O) groups is 2.